The summed E-state index contributed by atoms with van der Waals surface area (Å²) in [6.07, 6.45) is 7.75. The maximum Gasteiger partial charge on any atom is 0.285 e. The van der Waals surface area contributed by atoms with Crippen molar-refractivity contribution in [2.75, 3.05) is 52.0 Å². The Morgan fingerprint density at radius 2 is 1.63 bits per heavy atom. The summed E-state index contributed by atoms with van der Waals surface area (Å²) in [4.78, 5) is 8.61. The van der Waals surface area contributed by atoms with Crippen LogP contribution in [0.25, 0.3) is 10.9 Å². The van der Waals surface area contributed by atoms with Crippen LogP contribution in [0.4, 0.5) is 11.5 Å². The number of terminal acetylenes is 1. The van der Waals surface area contributed by atoms with Crippen LogP contribution in [0.2, 0.25) is 0 Å². The summed E-state index contributed by atoms with van der Waals surface area (Å²) in [7, 11) is -0.791. The van der Waals surface area contributed by atoms with Crippen LogP contribution in [0, 0.1) is 12.3 Å². The molecule has 0 saturated carbocycles. The molecule has 0 aliphatic heterocycles. The van der Waals surface area contributed by atoms with Crippen LogP contribution in [0.3, 0.4) is 0 Å². The van der Waals surface area contributed by atoms with Gasteiger partial charge in [0.2, 0.25) is 0 Å². The van der Waals surface area contributed by atoms with E-state index in [1.807, 2.05) is 0 Å². The second-order valence-corrected chi connectivity index (χ2v) is 8.52. The summed E-state index contributed by atoms with van der Waals surface area (Å²) < 4.78 is 51.3. The van der Waals surface area contributed by atoms with Gasteiger partial charge in [-0.2, -0.15) is 13.5 Å². The second kappa shape index (κ2) is 12.8. The lowest BCUT2D eigenvalue weighted by Gasteiger charge is -2.23. The Bertz CT molecular complexity index is 1280. The van der Waals surface area contributed by atoms with Crippen LogP contribution >= 0.6 is 0 Å². The molecule has 2 N–H and O–H groups in total. The van der Waals surface area contributed by atoms with Gasteiger partial charge in [0, 0.05) is 31.2 Å². The molecule has 0 spiro atoms. The SMILES string of the molecule is C#Cc1cccc(N(OS(C)(=O)=O)c2ncnc3cc(OCCOC)c(OCCOC)cc23)c1.O. The van der Waals surface area contributed by atoms with E-state index in [2.05, 4.69) is 15.9 Å². The van der Waals surface area contributed by atoms with Crippen molar-refractivity contribution in [3.8, 4) is 23.8 Å². The summed E-state index contributed by atoms with van der Waals surface area (Å²) in [5.74, 6) is 3.53. The molecule has 0 saturated heterocycles. The lowest BCUT2D eigenvalue weighted by atomic mass is 10.1. The minimum Gasteiger partial charge on any atom is -0.487 e. The van der Waals surface area contributed by atoms with Gasteiger partial charge in [0.05, 0.1) is 30.7 Å². The minimum absolute atomic E-state index is 0. The predicted molar refractivity (Wildman–Crippen MR) is 130 cm³/mol. The molecule has 0 aliphatic carbocycles. The van der Waals surface area contributed by atoms with E-state index in [1.54, 1.807) is 50.6 Å². The average molecular weight is 506 g/mol. The monoisotopic (exact) mass is 505 g/mol. The van der Waals surface area contributed by atoms with Crippen LogP contribution in [0.15, 0.2) is 42.7 Å². The van der Waals surface area contributed by atoms with E-state index in [4.69, 9.17) is 29.7 Å². The first-order chi connectivity index (χ1) is 16.4. The van der Waals surface area contributed by atoms with E-state index >= 15 is 0 Å². The predicted octanol–water partition coefficient (Wildman–Crippen LogP) is 1.87. The lowest BCUT2D eigenvalue weighted by molar-refractivity contribution is 0.132. The molecule has 0 atom stereocenters. The Hall–Kier alpha value is -3.47. The van der Waals surface area contributed by atoms with Gasteiger partial charge in [0.15, 0.2) is 17.3 Å². The van der Waals surface area contributed by atoms with Crippen molar-refractivity contribution in [3.05, 3.63) is 48.3 Å². The Morgan fingerprint density at radius 3 is 2.23 bits per heavy atom. The molecule has 12 heteroatoms. The van der Waals surface area contributed by atoms with Crippen molar-refractivity contribution in [2.24, 2.45) is 0 Å². The van der Waals surface area contributed by atoms with Gasteiger partial charge in [-0.05, 0) is 24.3 Å². The number of aromatic nitrogens is 2. The fourth-order valence-corrected chi connectivity index (χ4v) is 3.39. The van der Waals surface area contributed by atoms with E-state index in [1.165, 1.54) is 6.33 Å². The Balaban J connectivity index is 0.00000432. The highest BCUT2D eigenvalue weighted by molar-refractivity contribution is 7.86. The molecule has 0 bridgehead atoms. The van der Waals surface area contributed by atoms with Crippen molar-refractivity contribution in [3.63, 3.8) is 0 Å². The molecular weight excluding hydrogens is 478 g/mol. The number of anilines is 2. The topological polar surface area (TPSA) is 141 Å². The summed E-state index contributed by atoms with van der Waals surface area (Å²) >= 11 is 0. The quantitative estimate of drug-likeness (QED) is 0.203. The van der Waals surface area contributed by atoms with Gasteiger partial charge in [0.1, 0.15) is 19.5 Å². The minimum atomic E-state index is -3.93. The molecule has 0 radical (unpaired) electrons. The number of methoxy groups -OCH3 is 2. The zero-order chi connectivity index (χ0) is 24.6. The van der Waals surface area contributed by atoms with E-state index < -0.39 is 10.1 Å². The largest absolute Gasteiger partial charge is 0.487 e. The molecule has 1 aromatic heterocycles. The van der Waals surface area contributed by atoms with Gasteiger partial charge in [-0.3, -0.25) is 0 Å². The van der Waals surface area contributed by atoms with Crippen LogP contribution in [0.5, 0.6) is 11.5 Å². The third kappa shape index (κ3) is 7.51. The third-order valence-corrected chi connectivity index (χ3v) is 4.84. The van der Waals surface area contributed by atoms with Crippen LogP contribution in [-0.2, 0) is 23.9 Å². The first kappa shape index (κ1) is 27.8. The number of benzene rings is 2. The molecule has 188 valence electrons. The molecule has 0 aliphatic rings. The van der Waals surface area contributed by atoms with Gasteiger partial charge >= 0.3 is 0 Å². The molecule has 0 unspecified atom stereocenters. The number of rotatable bonds is 12. The summed E-state index contributed by atoms with van der Waals surface area (Å²) in [6.45, 7) is 1.30. The van der Waals surface area contributed by atoms with Gasteiger partial charge in [-0.25, -0.2) is 9.97 Å². The van der Waals surface area contributed by atoms with Crippen molar-refractivity contribution in [1.82, 2.24) is 9.97 Å². The Morgan fingerprint density at radius 1 is 0.971 bits per heavy atom. The maximum absolute atomic E-state index is 12.1. The molecule has 0 amide bonds. The van der Waals surface area contributed by atoms with Gasteiger partial charge in [-0.15, -0.1) is 10.7 Å². The Labute approximate surface area is 203 Å². The van der Waals surface area contributed by atoms with E-state index in [-0.39, 0.29) is 17.9 Å². The first-order valence-electron chi connectivity index (χ1n) is 10.1. The summed E-state index contributed by atoms with van der Waals surface area (Å²) in [6, 6.07) is 10.00. The molecular formula is C23H27N3O8S. The van der Waals surface area contributed by atoms with Gasteiger partial charge < -0.3 is 24.4 Å². The van der Waals surface area contributed by atoms with Crippen LogP contribution < -0.4 is 14.5 Å². The number of nitrogens with zero attached hydrogens (tertiary/aromatic N) is 3. The van der Waals surface area contributed by atoms with Gasteiger partial charge in [0.25, 0.3) is 10.1 Å². The van der Waals surface area contributed by atoms with Crippen molar-refractivity contribution >= 4 is 32.5 Å². The molecule has 2 aromatic carbocycles. The first-order valence-corrected chi connectivity index (χ1v) is 12.0. The fraction of sp³-hybridized carbons (Fsp3) is 0.304. The number of fused-ring (bicyclic) bond motifs is 1. The van der Waals surface area contributed by atoms with Gasteiger partial charge in [-0.1, -0.05) is 12.0 Å². The summed E-state index contributed by atoms with van der Waals surface area (Å²) in [5.41, 5.74) is 1.38. The molecule has 3 rings (SSSR count). The highest BCUT2D eigenvalue weighted by atomic mass is 32.2. The third-order valence-electron chi connectivity index (χ3n) is 4.42. The molecule has 3 aromatic rings. The number of hydrogen-bond acceptors (Lipinski definition) is 10. The van der Waals surface area contributed by atoms with Crippen LogP contribution in [-0.4, -0.2) is 70.8 Å². The van der Waals surface area contributed by atoms with Crippen molar-refractivity contribution in [2.45, 2.75) is 0 Å². The van der Waals surface area contributed by atoms with E-state index in [0.717, 1.165) is 11.3 Å². The maximum atomic E-state index is 12.1. The average Bonchev–Trinajstić information content (AvgIpc) is 2.82. The Kier molecular flexibility index (Phi) is 10.2. The normalized spacial score (nSPS) is 10.9. The van der Waals surface area contributed by atoms with E-state index in [0.29, 0.717) is 53.5 Å². The highest BCUT2D eigenvalue weighted by Gasteiger charge is 2.22. The molecule has 35 heavy (non-hydrogen) atoms. The number of hydrogen-bond donors (Lipinski definition) is 0. The lowest BCUT2D eigenvalue weighted by Crippen LogP contribution is -2.23. The standard InChI is InChI=1S/C23H25N3O7S.H2O/c1-5-17-7-6-8-18(13-17)26(33-34(4,27)28)23-19-14-21(31-11-9-29-2)22(32-12-10-30-3)15-20(19)24-16-25-23;/h1,6-8,13-16H,9-12H2,2-4H3;1H2. The second-order valence-electron chi connectivity index (χ2n) is 6.96. The van der Waals surface area contributed by atoms with Crippen LogP contribution in [0.1, 0.15) is 5.56 Å². The molecule has 11 nitrogen and oxygen atoms in total. The zero-order valence-electron chi connectivity index (χ0n) is 19.6. The number of ether oxygens (including phenoxy) is 4. The summed E-state index contributed by atoms with van der Waals surface area (Å²) in [5, 5.41) is 1.55. The molecule has 1 heterocycles. The fourth-order valence-electron chi connectivity index (χ4n) is 2.97. The zero-order valence-corrected chi connectivity index (χ0v) is 20.4. The van der Waals surface area contributed by atoms with Crippen molar-refractivity contribution in [1.29, 1.82) is 0 Å². The highest BCUT2D eigenvalue weighted by Crippen LogP contribution is 2.37. The molecule has 0 fully saturated rings. The smallest absolute Gasteiger partial charge is 0.285 e. The van der Waals surface area contributed by atoms with E-state index in [9.17, 15) is 8.42 Å². The van der Waals surface area contributed by atoms with Crippen molar-refractivity contribution < 1.29 is 37.1 Å².